The molecule has 1 aromatic rings. The van der Waals surface area contributed by atoms with E-state index in [-0.39, 0.29) is 5.69 Å². The average Bonchev–Trinajstić information content (AvgIpc) is 2.19. The Morgan fingerprint density at radius 1 is 1.56 bits per heavy atom. The summed E-state index contributed by atoms with van der Waals surface area (Å²) in [4.78, 5) is 14.0. The SMILES string of the molecule is COc1nc(CC(=O)O)cc(N)c1OC(F)(F)F. The first-order chi connectivity index (χ1) is 8.23. The molecule has 6 nitrogen and oxygen atoms in total. The van der Waals surface area contributed by atoms with Gasteiger partial charge in [0.2, 0.25) is 5.75 Å². The summed E-state index contributed by atoms with van der Waals surface area (Å²) in [5.41, 5.74) is 4.90. The lowest BCUT2D eigenvalue weighted by Crippen LogP contribution is -2.19. The first-order valence-corrected chi connectivity index (χ1v) is 4.54. The Labute approximate surface area is 99.1 Å². The van der Waals surface area contributed by atoms with Gasteiger partial charge in [0, 0.05) is 0 Å². The van der Waals surface area contributed by atoms with E-state index < -0.39 is 36.1 Å². The van der Waals surface area contributed by atoms with Crippen molar-refractivity contribution in [3.05, 3.63) is 11.8 Å². The zero-order valence-corrected chi connectivity index (χ0v) is 9.11. The van der Waals surface area contributed by atoms with Gasteiger partial charge in [-0.15, -0.1) is 13.2 Å². The van der Waals surface area contributed by atoms with E-state index >= 15 is 0 Å². The molecule has 1 aromatic heterocycles. The first kappa shape index (κ1) is 13.9. The van der Waals surface area contributed by atoms with Gasteiger partial charge in [-0.3, -0.25) is 4.79 Å². The fraction of sp³-hybridized carbons (Fsp3) is 0.333. The second-order valence-corrected chi connectivity index (χ2v) is 3.16. The third-order valence-electron chi connectivity index (χ3n) is 1.77. The van der Waals surface area contributed by atoms with Crippen molar-refractivity contribution in [3.8, 4) is 11.6 Å². The number of hydrogen-bond acceptors (Lipinski definition) is 5. The standard InChI is InChI=1S/C9H9F3N2O4/c1-17-8-7(18-9(10,11)12)5(13)2-4(14-8)3-6(15)16/h2H,3H2,1H3,(H2,13,14)(H,15,16). The van der Waals surface area contributed by atoms with Gasteiger partial charge in [-0.2, -0.15) is 0 Å². The van der Waals surface area contributed by atoms with E-state index in [1.807, 2.05) is 0 Å². The highest BCUT2D eigenvalue weighted by atomic mass is 19.4. The third kappa shape index (κ3) is 3.68. The maximum absolute atomic E-state index is 12.1. The van der Waals surface area contributed by atoms with Crippen molar-refractivity contribution in [2.45, 2.75) is 12.8 Å². The Bertz CT molecular complexity index is 462. The maximum atomic E-state index is 12.1. The van der Waals surface area contributed by atoms with Crippen LogP contribution in [0.5, 0.6) is 11.6 Å². The number of methoxy groups -OCH3 is 1. The lowest BCUT2D eigenvalue weighted by molar-refractivity contribution is -0.274. The smallest absolute Gasteiger partial charge is 0.481 e. The highest BCUT2D eigenvalue weighted by molar-refractivity contribution is 5.71. The average molecular weight is 266 g/mol. The number of hydrogen-bond donors (Lipinski definition) is 2. The van der Waals surface area contributed by atoms with E-state index in [9.17, 15) is 18.0 Å². The summed E-state index contributed by atoms with van der Waals surface area (Å²) in [5, 5.41) is 8.54. The molecule has 18 heavy (non-hydrogen) atoms. The van der Waals surface area contributed by atoms with Crippen molar-refractivity contribution < 1.29 is 32.5 Å². The van der Waals surface area contributed by atoms with E-state index in [1.54, 1.807) is 0 Å². The van der Waals surface area contributed by atoms with Crippen molar-refractivity contribution >= 4 is 11.7 Å². The van der Waals surface area contributed by atoms with E-state index in [2.05, 4.69) is 14.5 Å². The van der Waals surface area contributed by atoms with Crippen LogP contribution < -0.4 is 15.2 Å². The van der Waals surface area contributed by atoms with E-state index in [0.29, 0.717) is 0 Å². The molecule has 0 spiro atoms. The van der Waals surface area contributed by atoms with Crippen molar-refractivity contribution in [2.24, 2.45) is 0 Å². The van der Waals surface area contributed by atoms with Gasteiger partial charge in [0.05, 0.1) is 24.9 Å². The largest absolute Gasteiger partial charge is 0.573 e. The second-order valence-electron chi connectivity index (χ2n) is 3.16. The molecule has 100 valence electrons. The van der Waals surface area contributed by atoms with Crippen molar-refractivity contribution in [2.75, 3.05) is 12.8 Å². The Morgan fingerprint density at radius 2 is 2.17 bits per heavy atom. The van der Waals surface area contributed by atoms with Crippen LogP contribution in [0, 0.1) is 0 Å². The predicted molar refractivity (Wildman–Crippen MR) is 53.2 cm³/mol. The first-order valence-electron chi connectivity index (χ1n) is 4.54. The number of halogens is 3. The summed E-state index contributed by atoms with van der Waals surface area (Å²) in [5.74, 6) is -2.52. The van der Waals surface area contributed by atoms with Crippen LogP contribution in [0.25, 0.3) is 0 Å². The minimum absolute atomic E-state index is 0.0358. The van der Waals surface area contributed by atoms with Gasteiger partial charge in [0.25, 0.3) is 5.88 Å². The maximum Gasteiger partial charge on any atom is 0.573 e. The molecule has 0 aliphatic heterocycles. The summed E-state index contributed by atoms with van der Waals surface area (Å²) < 4.78 is 44.5. The zero-order chi connectivity index (χ0) is 13.9. The van der Waals surface area contributed by atoms with Crippen molar-refractivity contribution in [3.63, 3.8) is 0 Å². The molecule has 1 rings (SSSR count). The van der Waals surface area contributed by atoms with E-state index in [1.165, 1.54) is 0 Å². The van der Waals surface area contributed by atoms with E-state index in [0.717, 1.165) is 13.2 Å². The fourth-order valence-corrected chi connectivity index (χ4v) is 1.18. The van der Waals surface area contributed by atoms with Crippen molar-refractivity contribution in [1.82, 2.24) is 4.98 Å². The Kier molecular flexibility index (Phi) is 3.84. The van der Waals surface area contributed by atoms with Crippen LogP contribution in [0.4, 0.5) is 18.9 Å². The number of aliphatic carboxylic acids is 1. The van der Waals surface area contributed by atoms with Gasteiger partial charge in [-0.05, 0) is 6.07 Å². The number of carbonyl (C=O) groups is 1. The summed E-state index contributed by atoms with van der Waals surface area (Å²) in [6.07, 6.45) is -5.44. The molecule has 1 heterocycles. The number of carboxylic acids is 1. The number of nitrogens with two attached hydrogens (primary N) is 1. The Hall–Kier alpha value is -2.19. The highest BCUT2D eigenvalue weighted by Crippen LogP contribution is 2.36. The van der Waals surface area contributed by atoms with Gasteiger partial charge in [0.15, 0.2) is 0 Å². The topological polar surface area (TPSA) is 94.7 Å². The number of carboxylic acid groups (broad SMARTS) is 1. The number of ether oxygens (including phenoxy) is 2. The zero-order valence-electron chi connectivity index (χ0n) is 9.11. The summed E-state index contributed by atoms with van der Waals surface area (Å²) in [6, 6.07) is 0.984. The van der Waals surface area contributed by atoms with Gasteiger partial charge < -0.3 is 20.3 Å². The monoisotopic (exact) mass is 266 g/mol. The summed E-state index contributed by atoms with van der Waals surface area (Å²) in [7, 11) is 1.07. The van der Waals surface area contributed by atoms with Crippen LogP contribution in [0.2, 0.25) is 0 Å². The molecule has 0 saturated heterocycles. The highest BCUT2D eigenvalue weighted by Gasteiger charge is 2.34. The molecule has 0 atom stereocenters. The molecule has 0 radical (unpaired) electrons. The van der Waals surface area contributed by atoms with Crippen LogP contribution in [-0.2, 0) is 11.2 Å². The lowest BCUT2D eigenvalue weighted by atomic mass is 10.2. The molecular weight excluding hydrogens is 257 g/mol. The lowest BCUT2D eigenvalue weighted by Gasteiger charge is -2.14. The van der Waals surface area contributed by atoms with Crippen molar-refractivity contribution in [1.29, 1.82) is 0 Å². The van der Waals surface area contributed by atoms with Crippen LogP contribution in [0.15, 0.2) is 6.07 Å². The van der Waals surface area contributed by atoms with Gasteiger partial charge in [-0.25, -0.2) is 4.98 Å². The number of nitrogens with zero attached hydrogens (tertiary/aromatic N) is 1. The van der Waals surface area contributed by atoms with Crippen LogP contribution in [0.3, 0.4) is 0 Å². The number of pyridine rings is 1. The van der Waals surface area contributed by atoms with Crippen LogP contribution in [0.1, 0.15) is 5.69 Å². The molecule has 0 fully saturated rings. The molecule has 0 aromatic carbocycles. The summed E-state index contributed by atoms with van der Waals surface area (Å²) >= 11 is 0. The normalized spacial score (nSPS) is 11.1. The van der Waals surface area contributed by atoms with Crippen LogP contribution in [-0.4, -0.2) is 29.5 Å². The number of anilines is 1. The molecule has 0 saturated carbocycles. The van der Waals surface area contributed by atoms with E-state index in [4.69, 9.17) is 10.8 Å². The van der Waals surface area contributed by atoms with Gasteiger partial charge in [-0.1, -0.05) is 0 Å². The quantitative estimate of drug-likeness (QED) is 0.850. The minimum atomic E-state index is -4.95. The minimum Gasteiger partial charge on any atom is -0.481 e. The predicted octanol–water partition coefficient (Wildman–Crippen LogP) is 1.20. The molecule has 9 heteroatoms. The fourth-order valence-electron chi connectivity index (χ4n) is 1.18. The molecule has 0 aliphatic carbocycles. The molecule has 0 aliphatic rings. The second kappa shape index (κ2) is 4.98. The van der Waals surface area contributed by atoms with Crippen LogP contribution >= 0.6 is 0 Å². The number of nitrogen functional groups attached to an aromatic ring is 1. The molecule has 0 unspecified atom stereocenters. The molecule has 0 bridgehead atoms. The molecule has 0 amide bonds. The van der Waals surface area contributed by atoms with Gasteiger partial charge in [0.1, 0.15) is 0 Å². The third-order valence-corrected chi connectivity index (χ3v) is 1.77. The molecular formula is C9H9F3N2O4. The molecule has 3 N–H and O–H groups in total. The summed E-state index contributed by atoms with van der Waals surface area (Å²) in [6.45, 7) is 0. The number of aromatic nitrogens is 1. The number of rotatable bonds is 4. The van der Waals surface area contributed by atoms with Gasteiger partial charge >= 0.3 is 12.3 Å². The Morgan fingerprint density at radius 3 is 2.61 bits per heavy atom. The number of alkyl halides is 3. The Balaban J connectivity index is 3.15.